The van der Waals surface area contributed by atoms with Gasteiger partial charge in [-0.15, -0.1) is 11.8 Å². The van der Waals surface area contributed by atoms with Crippen LogP contribution in [0.25, 0.3) is 0 Å². The van der Waals surface area contributed by atoms with E-state index in [1.54, 1.807) is 18.9 Å². The van der Waals surface area contributed by atoms with Gasteiger partial charge in [0.2, 0.25) is 11.8 Å². The maximum Gasteiger partial charge on any atom is 0.242 e. The first kappa shape index (κ1) is 23.1. The van der Waals surface area contributed by atoms with E-state index < -0.39 is 6.04 Å². The third-order valence-corrected chi connectivity index (χ3v) is 5.68. The lowest BCUT2D eigenvalue weighted by Crippen LogP contribution is -2.48. The molecule has 1 atom stereocenters. The molecule has 0 fully saturated rings. The molecule has 0 radical (unpaired) electrons. The van der Waals surface area contributed by atoms with Crippen LogP contribution in [0.4, 0.5) is 0 Å². The van der Waals surface area contributed by atoms with Gasteiger partial charge in [-0.2, -0.15) is 0 Å². The smallest absolute Gasteiger partial charge is 0.242 e. The molecule has 2 amide bonds. The van der Waals surface area contributed by atoms with Crippen LogP contribution < -0.4 is 10.1 Å². The van der Waals surface area contributed by atoms with Crippen LogP contribution in [-0.2, 0) is 21.9 Å². The average molecular weight is 435 g/mol. The molecule has 0 saturated heterocycles. The third kappa shape index (κ3) is 7.29. The zero-order valence-electron chi connectivity index (χ0n) is 17.0. The highest BCUT2D eigenvalue weighted by molar-refractivity contribution is 7.99. The van der Waals surface area contributed by atoms with E-state index in [1.807, 2.05) is 55.5 Å². The van der Waals surface area contributed by atoms with Gasteiger partial charge < -0.3 is 15.0 Å². The first-order valence-corrected chi connectivity index (χ1v) is 11.0. The van der Waals surface area contributed by atoms with Crippen molar-refractivity contribution in [3.05, 3.63) is 64.7 Å². The first-order valence-electron chi connectivity index (χ1n) is 9.47. The molecule has 156 valence electrons. The Morgan fingerprint density at radius 3 is 2.31 bits per heavy atom. The van der Waals surface area contributed by atoms with Gasteiger partial charge in [0.1, 0.15) is 11.8 Å². The molecule has 7 heteroatoms. The monoisotopic (exact) mass is 434 g/mol. The second kappa shape index (κ2) is 11.7. The highest BCUT2D eigenvalue weighted by Gasteiger charge is 2.25. The van der Waals surface area contributed by atoms with Gasteiger partial charge in [-0.1, -0.05) is 35.9 Å². The molecule has 5 nitrogen and oxygen atoms in total. The van der Waals surface area contributed by atoms with Crippen molar-refractivity contribution >= 4 is 35.2 Å². The second-order valence-electron chi connectivity index (χ2n) is 6.56. The molecule has 0 aliphatic heterocycles. The Labute approximate surface area is 181 Å². The van der Waals surface area contributed by atoms with Gasteiger partial charge >= 0.3 is 0 Å². The van der Waals surface area contributed by atoms with Gasteiger partial charge in [-0.05, 0) is 49.2 Å². The predicted octanol–water partition coefficient (Wildman–Crippen LogP) is 4.14. The molecule has 0 bridgehead atoms. The number of halogens is 1. The van der Waals surface area contributed by atoms with E-state index in [1.165, 1.54) is 11.8 Å². The molecule has 0 saturated carbocycles. The lowest BCUT2D eigenvalue weighted by Gasteiger charge is -2.28. The molecular weight excluding hydrogens is 408 g/mol. The first-order chi connectivity index (χ1) is 13.9. The van der Waals surface area contributed by atoms with Crippen LogP contribution in [0.3, 0.4) is 0 Å². The summed E-state index contributed by atoms with van der Waals surface area (Å²) in [5.74, 6) is 1.52. The number of nitrogens with one attached hydrogen (secondary N) is 1. The quantitative estimate of drug-likeness (QED) is 0.610. The van der Waals surface area contributed by atoms with E-state index >= 15 is 0 Å². The van der Waals surface area contributed by atoms with Crippen molar-refractivity contribution in [2.45, 2.75) is 32.2 Å². The van der Waals surface area contributed by atoms with Crippen LogP contribution >= 0.6 is 23.4 Å². The summed E-state index contributed by atoms with van der Waals surface area (Å²) >= 11 is 7.43. The van der Waals surface area contributed by atoms with Crippen LogP contribution in [0.15, 0.2) is 48.5 Å². The summed E-state index contributed by atoms with van der Waals surface area (Å²) in [6.07, 6.45) is 0. The van der Waals surface area contributed by atoms with Crippen molar-refractivity contribution < 1.29 is 14.3 Å². The largest absolute Gasteiger partial charge is 0.497 e. The van der Waals surface area contributed by atoms with Crippen LogP contribution in [0, 0.1) is 0 Å². The summed E-state index contributed by atoms with van der Waals surface area (Å²) in [6.45, 7) is 4.51. The molecule has 0 aliphatic rings. The number of amides is 2. The second-order valence-corrected chi connectivity index (χ2v) is 7.98. The molecule has 2 aromatic carbocycles. The summed E-state index contributed by atoms with van der Waals surface area (Å²) in [6, 6.07) is 14.5. The molecular formula is C22H27ClN2O3S. The maximum atomic E-state index is 12.9. The van der Waals surface area contributed by atoms with Gasteiger partial charge in [0, 0.05) is 23.9 Å². The zero-order chi connectivity index (χ0) is 21.2. The third-order valence-electron chi connectivity index (χ3n) is 4.44. The Morgan fingerprint density at radius 1 is 1.10 bits per heavy atom. The number of ether oxygens (including phenoxy) is 1. The van der Waals surface area contributed by atoms with Crippen LogP contribution in [0.2, 0.25) is 5.02 Å². The van der Waals surface area contributed by atoms with Crippen LogP contribution in [0.1, 0.15) is 25.0 Å². The molecule has 0 aromatic heterocycles. The Bertz CT molecular complexity index is 797. The van der Waals surface area contributed by atoms with E-state index in [2.05, 4.69) is 5.32 Å². The Balaban J connectivity index is 2.04. The number of methoxy groups -OCH3 is 1. The van der Waals surface area contributed by atoms with E-state index in [9.17, 15) is 9.59 Å². The Hall–Kier alpha value is -2.18. The highest BCUT2D eigenvalue weighted by Crippen LogP contribution is 2.19. The van der Waals surface area contributed by atoms with Crippen molar-refractivity contribution in [2.24, 2.45) is 0 Å². The molecule has 0 unspecified atom stereocenters. The van der Waals surface area contributed by atoms with Crippen LogP contribution in [0.5, 0.6) is 5.75 Å². The number of hydrogen-bond acceptors (Lipinski definition) is 4. The summed E-state index contributed by atoms with van der Waals surface area (Å²) in [5.41, 5.74) is 2.05. The highest BCUT2D eigenvalue weighted by atomic mass is 35.5. The molecule has 0 heterocycles. The van der Waals surface area contributed by atoms with E-state index in [0.717, 1.165) is 16.9 Å². The molecule has 0 spiro atoms. The summed E-state index contributed by atoms with van der Waals surface area (Å²) < 4.78 is 5.19. The lowest BCUT2D eigenvalue weighted by atomic mass is 10.1. The van der Waals surface area contributed by atoms with Gasteiger partial charge in [0.05, 0.1) is 12.9 Å². The van der Waals surface area contributed by atoms with Gasteiger partial charge in [0.15, 0.2) is 0 Å². The normalized spacial score (nSPS) is 11.6. The fourth-order valence-electron chi connectivity index (χ4n) is 2.75. The van der Waals surface area contributed by atoms with Crippen molar-refractivity contribution in [1.82, 2.24) is 10.2 Å². The minimum absolute atomic E-state index is 0.0708. The minimum atomic E-state index is -0.555. The number of carbonyl (C=O) groups excluding carboxylic acids is 2. The van der Waals surface area contributed by atoms with E-state index in [4.69, 9.17) is 16.3 Å². The fourth-order valence-corrected chi connectivity index (χ4v) is 3.75. The summed E-state index contributed by atoms with van der Waals surface area (Å²) in [7, 11) is 1.61. The number of nitrogens with zero attached hydrogens (tertiary/aromatic N) is 1. The topological polar surface area (TPSA) is 58.6 Å². The van der Waals surface area contributed by atoms with E-state index in [-0.39, 0.29) is 11.8 Å². The lowest BCUT2D eigenvalue weighted by molar-refractivity contribution is -0.138. The average Bonchev–Trinajstić information content (AvgIpc) is 2.73. The minimum Gasteiger partial charge on any atom is -0.497 e. The summed E-state index contributed by atoms with van der Waals surface area (Å²) in [4.78, 5) is 26.9. The van der Waals surface area contributed by atoms with Crippen molar-refractivity contribution in [3.63, 3.8) is 0 Å². The fraction of sp³-hybridized carbons (Fsp3) is 0.364. The summed E-state index contributed by atoms with van der Waals surface area (Å²) in [5, 5.41) is 3.49. The maximum absolute atomic E-state index is 12.9. The Kier molecular flexibility index (Phi) is 9.35. The van der Waals surface area contributed by atoms with Gasteiger partial charge in [-0.3, -0.25) is 9.59 Å². The van der Waals surface area contributed by atoms with Crippen molar-refractivity contribution in [3.8, 4) is 5.75 Å². The molecule has 0 aliphatic carbocycles. The molecule has 2 aromatic rings. The number of benzene rings is 2. The number of likely N-dealkylation sites (N-methyl/N-ethyl adjacent to an activating group) is 1. The number of hydrogen-bond donors (Lipinski definition) is 1. The van der Waals surface area contributed by atoms with Crippen LogP contribution in [-0.4, -0.2) is 42.2 Å². The SMILES string of the molecule is CCNC(=O)[C@@H](C)N(Cc1ccc(OC)cc1)C(=O)CSCc1ccc(Cl)cc1. The van der Waals surface area contributed by atoms with Gasteiger partial charge in [0.25, 0.3) is 0 Å². The molecule has 2 rings (SSSR count). The molecule has 29 heavy (non-hydrogen) atoms. The number of carbonyl (C=O) groups is 2. The van der Waals surface area contributed by atoms with Crippen molar-refractivity contribution in [1.29, 1.82) is 0 Å². The molecule has 1 N–H and O–H groups in total. The number of rotatable bonds is 10. The predicted molar refractivity (Wildman–Crippen MR) is 119 cm³/mol. The number of thioether (sulfide) groups is 1. The van der Waals surface area contributed by atoms with Gasteiger partial charge in [-0.25, -0.2) is 0 Å². The zero-order valence-corrected chi connectivity index (χ0v) is 18.6. The Morgan fingerprint density at radius 2 is 1.72 bits per heavy atom. The standard InChI is InChI=1S/C22H27ClN2O3S/c1-4-24-22(27)16(2)25(13-17-7-11-20(28-3)12-8-17)21(26)15-29-14-18-5-9-19(23)10-6-18/h5-12,16H,4,13-15H2,1-3H3,(H,24,27)/t16-/m1/s1. The van der Waals surface area contributed by atoms with Crippen molar-refractivity contribution in [2.75, 3.05) is 19.4 Å². The van der Waals surface area contributed by atoms with E-state index in [0.29, 0.717) is 29.6 Å².